The molecule has 9 nitrogen and oxygen atoms in total. The molecule has 130 valence electrons. The molecule has 4 rings (SSSR count). The largest absolute Gasteiger partial charge is 0.394 e. The van der Waals surface area contributed by atoms with E-state index in [0.717, 1.165) is 30.8 Å². The minimum absolute atomic E-state index is 0.0425. The van der Waals surface area contributed by atoms with Gasteiger partial charge in [-0.1, -0.05) is 6.92 Å². The van der Waals surface area contributed by atoms with Crippen molar-refractivity contribution >= 4 is 23.0 Å². The topological polar surface area (TPSA) is 113 Å². The summed E-state index contributed by atoms with van der Waals surface area (Å²) in [6, 6.07) is 5.44. The molecule has 1 saturated carbocycles. The molecule has 1 aliphatic carbocycles. The number of rotatable bonds is 7. The molecule has 3 N–H and O–H groups in total. The fourth-order valence-electron chi connectivity index (χ4n) is 2.65. The van der Waals surface area contributed by atoms with Crippen molar-refractivity contribution in [3.8, 4) is 0 Å². The molecule has 25 heavy (non-hydrogen) atoms. The third-order valence-corrected chi connectivity index (χ3v) is 4.24. The van der Waals surface area contributed by atoms with Crippen LogP contribution in [0.1, 0.15) is 37.9 Å². The molecule has 3 aromatic rings. The molecule has 3 heterocycles. The molecule has 1 fully saturated rings. The molecular formula is C16H20N8O. The van der Waals surface area contributed by atoms with Crippen molar-refractivity contribution in [3.63, 3.8) is 0 Å². The highest BCUT2D eigenvalue weighted by Crippen LogP contribution is 2.39. The maximum atomic E-state index is 9.46. The fourth-order valence-corrected chi connectivity index (χ4v) is 2.65. The van der Waals surface area contributed by atoms with Crippen molar-refractivity contribution in [2.45, 2.75) is 38.1 Å². The highest BCUT2D eigenvalue weighted by molar-refractivity contribution is 5.74. The third-order valence-electron chi connectivity index (χ3n) is 4.24. The van der Waals surface area contributed by atoms with Crippen molar-refractivity contribution in [3.05, 3.63) is 30.2 Å². The molecule has 0 aromatic carbocycles. The number of nitrogens with one attached hydrogen (secondary N) is 2. The number of anilines is 3. The summed E-state index contributed by atoms with van der Waals surface area (Å²) in [7, 11) is 0. The van der Waals surface area contributed by atoms with E-state index in [-0.39, 0.29) is 12.6 Å². The first-order valence-corrected chi connectivity index (χ1v) is 8.47. The van der Waals surface area contributed by atoms with Crippen LogP contribution in [0.15, 0.2) is 24.4 Å². The summed E-state index contributed by atoms with van der Waals surface area (Å²) in [6.45, 7) is 2.06. The number of hydrogen-bond donors (Lipinski definition) is 3. The molecule has 0 amide bonds. The Bertz CT molecular complexity index is 857. The van der Waals surface area contributed by atoms with Gasteiger partial charge in [0.15, 0.2) is 11.6 Å². The van der Waals surface area contributed by atoms with Gasteiger partial charge in [0.05, 0.1) is 18.3 Å². The number of aliphatic hydroxyl groups is 1. The maximum absolute atomic E-state index is 9.46. The lowest BCUT2D eigenvalue weighted by Gasteiger charge is -2.16. The number of fused-ring (bicyclic) bond motifs is 1. The van der Waals surface area contributed by atoms with Gasteiger partial charge in [0.2, 0.25) is 5.65 Å². The monoisotopic (exact) mass is 340 g/mol. The molecule has 0 bridgehead atoms. The highest BCUT2D eigenvalue weighted by atomic mass is 16.3. The van der Waals surface area contributed by atoms with Crippen molar-refractivity contribution in [1.29, 1.82) is 0 Å². The summed E-state index contributed by atoms with van der Waals surface area (Å²) < 4.78 is 1.78. The lowest BCUT2D eigenvalue weighted by Crippen LogP contribution is -2.23. The summed E-state index contributed by atoms with van der Waals surface area (Å²) in [4.78, 5) is 0. The van der Waals surface area contributed by atoms with E-state index in [0.29, 0.717) is 23.2 Å². The van der Waals surface area contributed by atoms with Gasteiger partial charge in [0.25, 0.3) is 0 Å². The number of aromatic nitrogens is 6. The Morgan fingerprint density at radius 1 is 1.28 bits per heavy atom. The van der Waals surface area contributed by atoms with Crippen LogP contribution in [-0.4, -0.2) is 47.8 Å². The first-order chi connectivity index (χ1) is 12.3. The Morgan fingerprint density at radius 2 is 2.16 bits per heavy atom. The van der Waals surface area contributed by atoms with E-state index in [4.69, 9.17) is 0 Å². The average molecular weight is 340 g/mol. The molecule has 1 atom stereocenters. The van der Waals surface area contributed by atoms with Gasteiger partial charge in [0.1, 0.15) is 5.82 Å². The van der Waals surface area contributed by atoms with Crippen LogP contribution >= 0.6 is 0 Å². The standard InChI is InChI=1S/C16H20N8O/c1-2-11(9-25)18-14-8-12(19-13-4-3-7-17-20-13)16-22-21-15(10-5-6-10)24(16)23-14/h3-4,7-8,10-11,25H,2,5-6,9H2,1H3,(H,18,23)(H,19,20)/t11-/m0/s1. The van der Waals surface area contributed by atoms with Crippen LogP contribution in [0, 0.1) is 0 Å². The zero-order valence-electron chi connectivity index (χ0n) is 13.9. The van der Waals surface area contributed by atoms with Crippen LogP contribution in [-0.2, 0) is 0 Å². The quantitative estimate of drug-likeness (QED) is 0.596. The Labute approximate surface area is 144 Å². The summed E-state index contributed by atoms with van der Waals surface area (Å²) in [5.41, 5.74) is 1.39. The molecular weight excluding hydrogens is 320 g/mol. The van der Waals surface area contributed by atoms with E-state index >= 15 is 0 Å². The van der Waals surface area contributed by atoms with Crippen LogP contribution in [0.5, 0.6) is 0 Å². The predicted molar refractivity (Wildman–Crippen MR) is 92.9 cm³/mol. The lowest BCUT2D eigenvalue weighted by molar-refractivity contribution is 0.271. The summed E-state index contributed by atoms with van der Waals surface area (Å²) in [6.07, 6.45) is 4.64. The first-order valence-electron chi connectivity index (χ1n) is 8.47. The zero-order chi connectivity index (χ0) is 17.2. The number of hydrogen-bond acceptors (Lipinski definition) is 8. The molecule has 0 unspecified atom stereocenters. The Hall–Kier alpha value is -2.81. The van der Waals surface area contributed by atoms with Crippen LogP contribution in [0.2, 0.25) is 0 Å². The zero-order valence-corrected chi connectivity index (χ0v) is 13.9. The van der Waals surface area contributed by atoms with Gasteiger partial charge < -0.3 is 15.7 Å². The Kier molecular flexibility index (Phi) is 4.14. The highest BCUT2D eigenvalue weighted by Gasteiger charge is 2.30. The molecule has 3 aromatic heterocycles. The van der Waals surface area contributed by atoms with Gasteiger partial charge in [-0.3, -0.25) is 0 Å². The third kappa shape index (κ3) is 3.22. The summed E-state index contributed by atoms with van der Waals surface area (Å²) in [5, 5.41) is 37.1. The van der Waals surface area contributed by atoms with Gasteiger partial charge in [-0.05, 0) is 31.4 Å². The minimum atomic E-state index is -0.0600. The van der Waals surface area contributed by atoms with Gasteiger partial charge >= 0.3 is 0 Å². The molecule has 0 aliphatic heterocycles. The van der Waals surface area contributed by atoms with Gasteiger partial charge in [-0.15, -0.1) is 20.4 Å². The van der Waals surface area contributed by atoms with Crippen LogP contribution in [0.4, 0.5) is 17.3 Å². The number of nitrogens with zero attached hydrogens (tertiary/aromatic N) is 6. The second-order valence-corrected chi connectivity index (χ2v) is 6.18. The second-order valence-electron chi connectivity index (χ2n) is 6.18. The molecule has 0 radical (unpaired) electrons. The SMILES string of the molecule is CC[C@@H](CO)Nc1cc(Nc2cccnn2)c2nnc(C3CC3)n2n1. The van der Waals surface area contributed by atoms with Crippen LogP contribution in [0.3, 0.4) is 0 Å². The van der Waals surface area contributed by atoms with Gasteiger partial charge in [-0.2, -0.15) is 9.61 Å². The van der Waals surface area contributed by atoms with Crippen LogP contribution in [0.25, 0.3) is 5.65 Å². The van der Waals surface area contributed by atoms with Gasteiger partial charge in [0, 0.05) is 18.2 Å². The first kappa shape index (κ1) is 15.7. The molecule has 1 aliphatic rings. The second kappa shape index (κ2) is 6.60. The molecule has 0 spiro atoms. The van der Waals surface area contributed by atoms with Gasteiger partial charge in [-0.25, -0.2) is 0 Å². The predicted octanol–water partition coefficient (Wildman–Crippen LogP) is 1.72. The average Bonchev–Trinajstić information content (AvgIpc) is 3.40. The molecule has 9 heteroatoms. The van der Waals surface area contributed by atoms with Crippen LogP contribution < -0.4 is 10.6 Å². The lowest BCUT2D eigenvalue weighted by atomic mass is 10.2. The number of aliphatic hydroxyl groups excluding tert-OH is 1. The van der Waals surface area contributed by atoms with E-state index in [1.807, 2.05) is 25.1 Å². The Balaban J connectivity index is 1.76. The van der Waals surface area contributed by atoms with E-state index in [1.54, 1.807) is 10.7 Å². The van der Waals surface area contributed by atoms with E-state index < -0.39 is 0 Å². The molecule has 0 saturated heterocycles. The maximum Gasteiger partial charge on any atom is 0.201 e. The smallest absolute Gasteiger partial charge is 0.201 e. The fraction of sp³-hybridized carbons (Fsp3) is 0.438. The summed E-state index contributed by atoms with van der Waals surface area (Å²) in [5.74, 6) is 2.56. The summed E-state index contributed by atoms with van der Waals surface area (Å²) >= 11 is 0. The minimum Gasteiger partial charge on any atom is -0.394 e. The van der Waals surface area contributed by atoms with Crippen molar-refractivity contribution < 1.29 is 5.11 Å². The van der Waals surface area contributed by atoms with E-state index in [9.17, 15) is 5.11 Å². The normalized spacial score (nSPS) is 15.3. The van der Waals surface area contributed by atoms with Crippen molar-refractivity contribution in [2.75, 3.05) is 17.2 Å². The van der Waals surface area contributed by atoms with Crippen molar-refractivity contribution in [2.24, 2.45) is 0 Å². The Morgan fingerprint density at radius 3 is 2.84 bits per heavy atom. The van der Waals surface area contributed by atoms with E-state index in [1.165, 1.54) is 0 Å². The van der Waals surface area contributed by atoms with E-state index in [2.05, 4.69) is 36.1 Å². The van der Waals surface area contributed by atoms with Crippen molar-refractivity contribution in [1.82, 2.24) is 30.0 Å².